The molecule has 0 radical (unpaired) electrons. The standard InChI is InChI=1S/C31H58O3PS2/c1-7-9-11-13-15-17-23-36-25-21-33-35(32,30-20-19-28(3)27-29(30)31(4,5)6)34-22-26-37-24-18-16-14-12-10-8-2/h19-20,27,32H,7-18,21-26H2,1-6H3/q+1. The summed E-state index contributed by atoms with van der Waals surface area (Å²) in [4.78, 5) is 11.8. The fourth-order valence-corrected chi connectivity index (χ4v) is 8.16. The zero-order valence-electron chi connectivity index (χ0n) is 25.0. The zero-order chi connectivity index (χ0) is 27.4. The van der Waals surface area contributed by atoms with Gasteiger partial charge in [0.25, 0.3) is 0 Å². The van der Waals surface area contributed by atoms with Crippen LogP contribution in [0, 0.1) is 6.92 Å². The summed E-state index contributed by atoms with van der Waals surface area (Å²) in [5, 5.41) is 0.854. The second-order valence-corrected chi connectivity index (χ2v) is 15.7. The molecule has 1 aromatic carbocycles. The van der Waals surface area contributed by atoms with Crippen molar-refractivity contribution in [2.24, 2.45) is 0 Å². The van der Waals surface area contributed by atoms with Gasteiger partial charge < -0.3 is 0 Å². The average molecular weight is 574 g/mol. The molecule has 1 aromatic rings. The van der Waals surface area contributed by atoms with Gasteiger partial charge in [-0.25, -0.2) is 0 Å². The Morgan fingerprint density at radius 2 is 1.16 bits per heavy atom. The molecule has 3 nitrogen and oxygen atoms in total. The summed E-state index contributed by atoms with van der Waals surface area (Å²) >= 11 is 3.86. The Kier molecular flexibility index (Phi) is 20.0. The van der Waals surface area contributed by atoms with Crippen LogP contribution in [0.4, 0.5) is 0 Å². The Balaban J connectivity index is 2.60. The van der Waals surface area contributed by atoms with E-state index in [2.05, 4.69) is 53.7 Å². The van der Waals surface area contributed by atoms with Crippen LogP contribution < -0.4 is 5.30 Å². The van der Waals surface area contributed by atoms with Crippen LogP contribution in [0.25, 0.3) is 0 Å². The fraction of sp³-hybridized carbons (Fsp3) is 0.806. The number of aryl methyl sites for hydroxylation is 1. The van der Waals surface area contributed by atoms with E-state index < -0.39 is 7.94 Å². The highest BCUT2D eigenvalue weighted by Crippen LogP contribution is 2.57. The minimum absolute atomic E-state index is 0.0961. The summed E-state index contributed by atoms with van der Waals surface area (Å²) in [5.41, 5.74) is 2.23. The maximum absolute atomic E-state index is 11.8. The van der Waals surface area contributed by atoms with Gasteiger partial charge >= 0.3 is 7.94 Å². The highest BCUT2D eigenvalue weighted by Gasteiger charge is 2.47. The number of unbranched alkanes of at least 4 members (excludes halogenated alkanes) is 10. The zero-order valence-corrected chi connectivity index (χ0v) is 27.5. The van der Waals surface area contributed by atoms with Gasteiger partial charge in [0.2, 0.25) is 0 Å². The largest absolute Gasteiger partial charge is 0.446 e. The third kappa shape index (κ3) is 16.2. The molecular formula is C31H58O3PS2+. The van der Waals surface area contributed by atoms with Crippen molar-refractivity contribution in [3.63, 3.8) is 0 Å². The van der Waals surface area contributed by atoms with E-state index in [0.29, 0.717) is 13.2 Å². The molecule has 37 heavy (non-hydrogen) atoms. The molecule has 0 atom stereocenters. The maximum atomic E-state index is 11.8. The molecule has 0 aliphatic carbocycles. The van der Waals surface area contributed by atoms with E-state index in [9.17, 15) is 4.89 Å². The SMILES string of the molecule is CCCCCCCCSCCO[P+](O)(OCCSCCCCCCCC)c1ccc(C)cc1C(C)(C)C. The first kappa shape index (κ1) is 35.3. The van der Waals surface area contributed by atoms with Crippen LogP contribution in [0.2, 0.25) is 0 Å². The van der Waals surface area contributed by atoms with Crippen LogP contribution in [0.15, 0.2) is 18.2 Å². The number of rotatable bonds is 23. The van der Waals surface area contributed by atoms with Gasteiger partial charge in [-0.1, -0.05) is 117 Å². The Morgan fingerprint density at radius 1 is 0.703 bits per heavy atom. The molecule has 0 aliphatic rings. The number of thioether (sulfide) groups is 2. The van der Waals surface area contributed by atoms with E-state index in [1.807, 2.05) is 29.6 Å². The lowest BCUT2D eigenvalue weighted by atomic mass is 9.86. The van der Waals surface area contributed by atoms with Gasteiger partial charge in [-0.05, 0) is 42.8 Å². The summed E-state index contributed by atoms with van der Waals surface area (Å²) in [5.74, 6) is 4.12. The van der Waals surface area contributed by atoms with E-state index in [1.54, 1.807) is 0 Å². The molecule has 0 fully saturated rings. The molecule has 0 amide bonds. The van der Waals surface area contributed by atoms with E-state index in [0.717, 1.165) is 22.4 Å². The number of benzene rings is 1. The predicted molar refractivity (Wildman–Crippen MR) is 172 cm³/mol. The first-order chi connectivity index (χ1) is 17.7. The van der Waals surface area contributed by atoms with Crippen molar-refractivity contribution in [2.75, 3.05) is 36.2 Å². The molecule has 1 rings (SSSR count). The van der Waals surface area contributed by atoms with Crippen molar-refractivity contribution in [1.82, 2.24) is 0 Å². The Hall–Kier alpha value is 0.230. The van der Waals surface area contributed by atoms with Gasteiger partial charge in [0.15, 0.2) is 5.30 Å². The Morgan fingerprint density at radius 3 is 1.62 bits per heavy atom. The lowest BCUT2D eigenvalue weighted by molar-refractivity contribution is 0.202. The highest BCUT2D eigenvalue weighted by molar-refractivity contribution is 7.99. The van der Waals surface area contributed by atoms with Gasteiger partial charge in [0.1, 0.15) is 13.2 Å². The summed E-state index contributed by atoms with van der Waals surface area (Å²) < 4.78 is 12.5. The molecule has 6 heteroatoms. The molecule has 0 aliphatic heterocycles. The number of hydrogen-bond donors (Lipinski definition) is 1. The van der Waals surface area contributed by atoms with Crippen molar-refractivity contribution in [3.05, 3.63) is 29.3 Å². The van der Waals surface area contributed by atoms with Gasteiger partial charge in [-0.3, -0.25) is 0 Å². The summed E-state index contributed by atoms with van der Waals surface area (Å²) in [6.45, 7) is 14.3. The van der Waals surface area contributed by atoms with Gasteiger partial charge in [-0.2, -0.15) is 37.5 Å². The molecule has 216 valence electrons. The van der Waals surface area contributed by atoms with Crippen LogP contribution in [-0.2, 0) is 14.5 Å². The second kappa shape index (κ2) is 21.0. The van der Waals surface area contributed by atoms with Crippen molar-refractivity contribution < 1.29 is 13.9 Å². The van der Waals surface area contributed by atoms with Crippen molar-refractivity contribution >= 4 is 36.8 Å². The predicted octanol–water partition coefficient (Wildman–Crippen LogP) is 9.89. The minimum Gasteiger partial charge on any atom is -0.188 e. The van der Waals surface area contributed by atoms with E-state index in [-0.39, 0.29) is 5.41 Å². The topological polar surface area (TPSA) is 38.7 Å². The van der Waals surface area contributed by atoms with E-state index in [1.165, 1.54) is 94.1 Å². The van der Waals surface area contributed by atoms with E-state index >= 15 is 0 Å². The van der Waals surface area contributed by atoms with Crippen molar-refractivity contribution in [2.45, 2.75) is 124 Å². The molecule has 0 bridgehead atoms. The lowest BCUT2D eigenvalue weighted by Crippen LogP contribution is -2.28. The van der Waals surface area contributed by atoms with Crippen LogP contribution in [-0.4, -0.2) is 41.1 Å². The van der Waals surface area contributed by atoms with Gasteiger partial charge in [-0.15, -0.1) is 0 Å². The highest BCUT2D eigenvalue weighted by atomic mass is 32.2. The fourth-order valence-electron chi connectivity index (χ4n) is 4.29. The van der Waals surface area contributed by atoms with Crippen LogP contribution >= 0.6 is 31.5 Å². The van der Waals surface area contributed by atoms with Gasteiger partial charge in [0.05, 0.1) is 0 Å². The summed E-state index contributed by atoms with van der Waals surface area (Å²) in [6, 6.07) is 6.30. The Labute approximate surface area is 239 Å². The minimum atomic E-state index is -3.15. The first-order valence-electron chi connectivity index (χ1n) is 14.9. The second-order valence-electron chi connectivity index (χ2n) is 11.2. The lowest BCUT2D eigenvalue weighted by Gasteiger charge is -2.26. The first-order valence-corrected chi connectivity index (χ1v) is 18.8. The van der Waals surface area contributed by atoms with Crippen LogP contribution in [0.3, 0.4) is 0 Å². The molecule has 0 aromatic heterocycles. The third-order valence-corrected chi connectivity index (χ3v) is 10.7. The third-order valence-electron chi connectivity index (χ3n) is 6.54. The average Bonchev–Trinajstić information content (AvgIpc) is 2.85. The van der Waals surface area contributed by atoms with Gasteiger partial charge in [0, 0.05) is 17.1 Å². The maximum Gasteiger partial charge on any atom is 0.446 e. The monoisotopic (exact) mass is 573 g/mol. The van der Waals surface area contributed by atoms with Crippen LogP contribution in [0.5, 0.6) is 0 Å². The molecule has 1 N–H and O–H groups in total. The molecular weight excluding hydrogens is 515 g/mol. The molecule has 0 saturated heterocycles. The van der Waals surface area contributed by atoms with E-state index in [4.69, 9.17) is 9.05 Å². The molecule has 0 spiro atoms. The summed E-state index contributed by atoms with van der Waals surface area (Å²) in [6.07, 6.45) is 15.9. The Bertz CT molecular complexity index is 670. The quantitative estimate of drug-likeness (QED) is 0.104. The smallest absolute Gasteiger partial charge is 0.188 e. The normalized spacial score (nSPS) is 12.4. The van der Waals surface area contributed by atoms with Crippen molar-refractivity contribution in [3.8, 4) is 0 Å². The molecule has 0 unspecified atom stereocenters. The summed E-state index contributed by atoms with van der Waals surface area (Å²) in [7, 11) is -3.15. The molecule has 0 saturated carbocycles. The van der Waals surface area contributed by atoms with Crippen LogP contribution in [0.1, 0.15) is 123 Å². The molecule has 0 heterocycles. The number of hydrogen-bond acceptors (Lipinski definition) is 5. The van der Waals surface area contributed by atoms with Crippen molar-refractivity contribution in [1.29, 1.82) is 0 Å².